The minimum absolute atomic E-state index is 0.223. The first-order chi connectivity index (χ1) is 11.5. The molecule has 1 saturated heterocycles. The van der Waals surface area contributed by atoms with Crippen LogP contribution in [0.25, 0.3) is 0 Å². The van der Waals surface area contributed by atoms with Gasteiger partial charge in [-0.05, 0) is 0 Å². The number of aliphatic hydroxyl groups is 3. The zero-order valence-corrected chi connectivity index (χ0v) is 12.5. The highest BCUT2D eigenvalue weighted by Crippen LogP contribution is 2.28. The lowest BCUT2D eigenvalue weighted by atomic mass is 10.1. The van der Waals surface area contributed by atoms with E-state index in [9.17, 15) is 19.8 Å². The van der Waals surface area contributed by atoms with Crippen LogP contribution in [0.1, 0.15) is 6.23 Å². The van der Waals surface area contributed by atoms with Gasteiger partial charge < -0.3 is 24.8 Å². The standard InChI is InChI=1S/C15H16N2O7/c1-3-5-16-13(21)9(23-6-4-2)7-17(15(16)22)14-12(20)11(19)10(8-18)24-14/h1-2,7,10-12,14,18-20H,5-6,8H2/t10-,11-,12-,14-/m1/s1. The van der Waals surface area contributed by atoms with Gasteiger partial charge in [-0.1, -0.05) is 11.8 Å². The molecule has 3 N–H and O–H groups in total. The third-order valence-electron chi connectivity index (χ3n) is 3.52. The number of terminal acetylenes is 2. The number of aromatic nitrogens is 2. The molecular formula is C15H16N2O7. The van der Waals surface area contributed by atoms with Crippen LogP contribution in [-0.4, -0.2) is 56.0 Å². The van der Waals surface area contributed by atoms with Crippen LogP contribution in [0.15, 0.2) is 15.8 Å². The van der Waals surface area contributed by atoms with Gasteiger partial charge in [-0.2, -0.15) is 0 Å². The molecule has 1 aliphatic heterocycles. The van der Waals surface area contributed by atoms with E-state index in [0.717, 1.165) is 10.8 Å². The normalized spacial score (nSPS) is 25.9. The van der Waals surface area contributed by atoms with Crippen LogP contribution >= 0.6 is 0 Å². The van der Waals surface area contributed by atoms with Crippen LogP contribution in [-0.2, 0) is 11.3 Å². The highest BCUT2D eigenvalue weighted by atomic mass is 16.6. The Balaban J connectivity index is 2.56. The van der Waals surface area contributed by atoms with Crippen LogP contribution in [0.2, 0.25) is 0 Å². The number of rotatable bonds is 5. The van der Waals surface area contributed by atoms with E-state index < -0.39 is 42.4 Å². The van der Waals surface area contributed by atoms with Crippen molar-refractivity contribution in [2.75, 3.05) is 13.2 Å². The van der Waals surface area contributed by atoms with Crippen molar-refractivity contribution in [3.8, 4) is 30.4 Å². The zero-order chi connectivity index (χ0) is 17.9. The molecule has 0 amide bonds. The summed E-state index contributed by atoms with van der Waals surface area (Å²) in [5.74, 6) is 4.08. The Labute approximate surface area is 136 Å². The van der Waals surface area contributed by atoms with E-state index >= 15 is 0 Å². The van der Waals surface area contributed by atoms with E-state index in [2.05, 4.69) is 11.8 Å². The summed E-state index contributed by atoms with van der Waals surface area (Å²) in [6.07, 6.45) is 5.94. The second kappa shape index (κ2) is 7.34. The molecule has 24 heavy (non-hydrogen) atoms. The fourth-order valence-corrected chi connectivity index (χ4v) is 2.34. The summed E-state index contributed by atoms with van der Waals surface area (Å²) < 4.78 is 12.0. The number of nitrogens with zero attached hydrogens (tertiary/aromatic N) is 2. The van der Waals surface area contributed by atoms with Gasteiger partial charge in [0.05, 0.1) is 19.3 Å². The molecule has 0 aromatic carbocycles. The first-order valence-electron chi connectivity index (χ1n) is 6.94. The van der Waals surface area contributed by atoms with Crippen LogP contribution in [0.3, 0.4) is 0 Å². The van der Waals surface area contributed by atoms with E-state index in [1.807, 2.05) is 0 Å². The topological polar surface area (TPSA) is 123 Å². The average Bonchev–Trinajstić information content (AvgIpc) is 2.86. The van der Waals surface area contributed by atoms with Gasteiger partial charge in [0.25, 0.3) is 5.56 Å². The summed E-state index contributed by atoms with van der Waals surface area (Å²) in [5, 5.41) is 29.0. The Morgan fingerprint density at radius 1 is 1.25 bits per heavy atom. The van der Waals surface area contributed by atoms with Crippen molar-refractivity contribution < 1.29 is 24.8 Å². The molecule has 0 bridgehead atoms. The van der Waals surface area contributed by atoms with Gasteiger partial charge in [0.15, 0.2) is 6.23 Å². The molecule has 1 aromatic rings. The van der Waals surface area contributed by atoms with Gasteiger partial charge in [-0.25, -0.2) is 9.36 Å². The molecule has 1 aliphatic rings. The molecule has 0 saturated carbocycles. The Morgan fingerprint density at radius 3 is 2.50 bits per heavy atom. The predicted molar refractivity (Wildman–Crippen MR) is 81.1 cm³/mol. The lowest BCUT2D eigenvalue weighted by molar-refractivity contribution is -0.0558. The third-order valence-corrected chi connectivity index (χ3v) is 3.52. The maximum atomic E-state index is 12.4. The second-order valence-corrected chi connectivity index (χ2v) is 5.00. The molecule has 2 heterocycles. The summed E-state index contributed by atoms with van der Waals surface area (Å²) in [6, 6.07) is 0. The van der Waals surface area contributed by atoms with Crippen LogP contribution in [0.5, 0.6) is 5.75 Å². The van der Waals surface area contributed by atoms with E-state index in [4.69, 9.17) is 27.4 Å². The molecule has 9 nitrogen and oxygen atoms in total. The minimum Gasteiger partial charge on any atom is -0.474 e. The number of aliphatic hydroxyl groups excluding tert-OH is 3. The molecule has 2 rings (SSSR count). The van der Waals surface area contributed by atoms with Gasteiger partial charge in [0.1, 0.15) is 24.9 Å². The summed E-state index contributed by atoms with van der Waals surface area (Å²) in [7, 11) is 0. The van der Waals surface area contributed by atoms with Crippen LogP contribution in [0.4, 0.5) is 0 Å². The van der Waals surface area contributed by atoms with Gasteiger partial charge in [-0.15, -0.1) is 12.8 Å². The summed E-state index contributed by atoms with van der Waals surface area (Å²) in [5.41, 5.74) is -1.64. The van der Waals surface area contributed by atoms with Crippen molar-refractivity contribution >= 4 is 0 Å². The maximum absolute atomic E-state index is 12.4. The summed E-state index contributed by atoms with van der Waals surface area (Å²) in [4.78, 5) is 24.6. The fraction of sp³-hybridized carbons (Fsp3) is 0.467. The number of hydrogen-bond acceptors (Lipinski definition) is 7. The van der Waals surface area contributed by atoms with Gasteiger partial charge in [0, 0.05) is 0 Å². The summed E-state index contributed by atoms with van der Waals surface area (Å²) in [6.45, 7) is -1.12. The highest BCUT2D eigenvalue weighted by molar-refractivity contribution is 5.16. The maximum Gasteiger partial charge on any atom is 0.334 e. The molecule has 4 atom stereocenters. The van der Waals surface area contributed by atoms with Crippen LogP contribution in [0, 0.1) is 24.7 Å². The molecule has 0 spiro atoms. The van der Waals surface area contributed by atoms with Crippen molar-refractivity contribution in [2.24, 2.45) is 0 Å². The van der Waals surface area contributed by atoms with E-state index in [1.165, 1.54) is 0 Å². The molecule has 0 aliphatic carbocycles. The number of ether oxygens (including phenoxy) is 2. The highest BCUT2D eigenvalue weighted by Gasteiger charge is 2.44. The third kappa shape index (κ3) is 3.07. The average molecular weight is 336 g/mol. The zero-order valence-electron chi connectivity index (χ0n) is 12.5. The Morgan fingerprint density at radius 2 is 1.96 bits per heavy atom. The Hall–Kier alpha value is -2.56. The van der Waals surface area contributed by atoms with Gasteiger partial charge in [-0.3, -0.25) is 9.36 Å². The molecule has 0 radical (unpaired) electrons. The van der Waals surface area contributed by atoms with Crippen molar-refractivity contribution in [1.29, 1.82) is 0 Å². The predicted octanol–water partition coefficient (Wildman–Crippen LogP) is -2.73. The Kier molecular flexibility index (Phi) is 5.44. The van der Waals surface area contributed by atoms with Gasteiger partial charge in [0.2, 0.25) is 5.75 Å². The quantitative estimate of drug-likeness (QED) is 0.499. The van der Waals surface area contributed by atoms with E-state index in [0.29, 0.717) is 4.57 Å². The van der Waals surface area contributed by atoms with Gasteiger partial charge >= 0.3 is 5.69 Å². The molecule has 1 fully saturated rings. The second-order valence-electron chi connectivity index (χ2n) is 5.00. The molecule has 0 unspecified atom stereocenters. The molecule has 9 heteroatoms. The van der Waals surface area contributed by atoms with Crippen molar-refractivity contribution in [3.63, 3.8) is 0 Å². The van der Waals surface area contributed by atoms with E-state index in [1.54, 1.807) is 0 Å². The van der Waals surface area contributed by atoms with Crippen LogP contribution < -0.4 is 16.0 Å². The molecule has 1 aromatic heterocycles. The number of hydrogen-bond donors (Lipinski definition) is 3. The molecule has 128 valence electrons. The minimum atomic E-state index is -1.50. The summed E-state index contributed by atoms with van der Waals surface area (Å²) >= 11 is 0. The lowest BCUT2D eigenvalue weighted by Gasteiger charge is -2.19. The smallest absolute Gasteiger partial charge is 0.334 e. The first-order valence-corrected chi connectivity index (χ1v) is 6.94. The monoisotopic (exact) mass is 336 g/mol. The largest absolute Gasteiger partial charge is 0.474 e. The first kappa shape index (κ1) is 17.8. The van der Waals surface area contributed by atoms with Crippen molar-refractivity contribution in [1.82, 2.24) is 9.13 Å². The SMILES string of the molecule is C#CCOc1cn([C@@H]2O[C@H](CO)[C@@H](O)[C@H]2O)c(=O)n(CC#C)c1=O. The lowest BCUT2D eigenvalue weighted by Crippen LogP contribution is -2.43. The van der Waals surface area contributed by atoms with Crippen molar-refractivity contribution in [3.05, 3.63) is 27.0 Å². The van der Waals surface area contributed by atoms with Crippen molar-refractivity contribution in [2.45, 2.75) is 31.1 Å². The Bertz CT molecular complexity index is 798. The fourth-order valence-electron chi connectivity index (χ4n) is 2.34. The van der Waals surface area contributed by atoms with E-state index in [-0.39, 0.29) is 18.9 Å². The molecular weight excluding hydrogens is 320 g/mol.